The third-order valence-corrected chi connectivity index (χ3v) is 6.27. The van der Waals surface area contributed by atoms with Crippen molar-refractivity contribution in [1.82, 2.24) is 19.3 Å². The molecular formula is C19H23N5O3S. The molecule has 1 heterocycles. The van der Waals surface area contributed by atoms with Gasteiger partial charge in [0.2, 0.25) is 15.9 Å². The molecule has 0 radical (unpaired) electrons. The van der Waals surface area contributed by atoms with Gasteiger partial charge in [0.05, 0.1) is 10.4 Å². The predicted octanol–water partition coefficient (Wildman–Crippen LogP) is 2.41. The first-order chi connectivity index (χ1) is 13.3. The molecule has 28 heavy (non-hydrogen) atoms. The molecule has 0 unspecified atom stereocenters. The van der Waals surface area contributed by atoms with E-state index < -0.39 is 10.0 Å². The van der Waals surface area contributed by atoms with Gasteiger partial charge < -0.3 is 5.32 Å². The molecule has 1 aromatic heterocycles. The number of amides is 1. The van der Waals surface area contributed by atoms with Crippen molar-refractivity contribution in [1.29, 1.82) is 0 Å². The van der Waals surface area contributed by atoms with Crippen LogP contribution in [-0.4, -0.2) is 47.7 Å². The van der Waals surface area contributed by atoms with Crippen LogP contribution < -0.4 is 5.32 Å². The summed E-state index contributed by atoms with van der Waals surface area (Å²) in [5, 5.41) is 11.1. The van der Waals surface area contributed by atoms with E-state index in [1.807, 2.05) is 31.2 Å². The van der Waals surface area contributed by atoms with Crippen LogP contribution in [0.15, 0.2) is 47.4 Å². The van der Waals surface area contributed by atoms with Crippen LogP contribution in [0.3, 0.4) is 0 Å². The molecule has 0 spiro atoms. The van der Waals surface area contributed by atoms with E-state index in [0.29, 0.717) is 24.9 Å². The summed E-state index contributed by atoms with van der Waals surface area (Å²) >= 11 is 0. The lowest BCUT2D eigenvalue weighted by Crippen LogP contribution is -2.22. The minimum atomic E-state index is -3.52. The quantitative estimate of drug-likeness (QED) is 0.656. The third kappa shape index (κ3) is 4.20. The second-order valence-corrected chi connectivity index (χ2v) is 8.87. The number of carbonyl (C=O) groups is 1. The van der Waals surface area contributed by atoms with E-state index in [2.05, 4.69) is 15.6 Å². The number of benzene rings is 2. The molecule has 8 nitrogen and oxygen atoms in total. The van der Waals surface area contributed by atoms with Gasteiger partial charge in [0.25, 0.3) is 0 Å². The fourth-order valence-corrected chi connectivity index (χ4v) is 3.73. The Balaban J connectivity index is 1.64. The van der Waals surface area contributed by atoms with Crippen LogP contribution >= 0.6 is 0 Å². The average Bonchev–Trinajstić information content (AvgIpc) is 3.06. The van der Waals surface area contributed by atoms with Crippen LogP contribution in [0.25, 0.3) is 11.0 Å². The van der Waals surface area contributed by atoms with E-state index in [9.17, 15) is 13.2 Å². The second kappa shape index (κ2) is 8.07. The summed E-state index contributed by atoms with van der Waals surface area (Å²) in [4.78, 5) is 12.3. The molecular weight excluding hydrogens is 378 g/mol. The molecule has 9 heteroatoms. The van der Waals surface area contributed by atoms with E-state index in [-0.39, 0.29) is 10.8 Å². The number of rotatable bonds is 7. The second-order valence-electron chi connectivity index (χ2n) is 6.72. The number of fused-ring (bicyclic) bond motifs is 1. The Hall–Kier alpha value is -2.78. The molecule has 0 saturated heterocycles. The topological polar surface area (TPSA) is 97.2 Å². The minimum absolute atomic E-state index is 0.0573. The molecule has 0 aliphatic carbocycles. The Bertz CT molecular complexity index is 1110. The van der Waals surface area contributed by atoms with Crippen molar-refractivity contribution in [2.45, 2.75) is 31.2 Å². The van der Waals surface area contributed by atoms with Crippen LogP contribution in [0.2, 0.25) is 0 Å². The van der Waals surface area contributed by atoms with Gasteiger partial charge in [0.15, 0.2) is 0 Å². The van der Waals surface area contributed by atoms with Gasteiger partial charge in [-0.05, 0) is 43.2 Å². The third-order valence-electron chi connectivity index (χ3n) is 4.46. The van der Waals surface area contributed by atoms with E-state index in [1.54, 1.807) is 16.8 Å². The van der Waals surface area contributed by atoms with Crippen molar-refractivity contribution in [2.75, 3.05) is 19.4 Å². The van der Waals surface area contributed by atoms with Crippen molar-refractivity contribution >= 4 is 32.7 Å². The van der Waals surface area contributed by atoms with Crippen LogP contribution in [0.4, 0.5) is 5.69 Å². The maximum atomic E-state index is 12.2. The molecule has 3 aromatic rings. The van der Waals surface area contributed by atoms with Gasteiger partial charge in [0.1, 0.15) is 5.52 Å². The Kier molecular flexibility index (Phi) is 5.76. The first-order valence-electron chi connectivity index (χ1n) is 8.90. The summed E-state index contributed by atoms with van der Waals surface area (Å²) in [5.41, 5.74) is 3.07. The summed E-state index contributed by atoms with van der Waals surface area (Å²) in [6.45, 7) is 2.46. The number of aromatic nitrogens is 3. The van der Waals surface area contributed by atoms with Crippen molar-refractivity contribution in [3.8, 4) is 0 Å². The molecule has 0 fully saturated rings. The zero-order valence-electron chi connectivity index (χ0n) is 16.1. The molecule has 0 aliphatic heterocycles. The van der Waals surface area contributed by atoms with E-state index >= 15 is 0 Å². The zero-order chi connectivity index (χ0) is 20.3. The monoisotopic (exact) mass is 401 g/mol. The number of nitrogens with one attached hydrogen (secondary N) is 1. The summed E-state index contributed by atoms with van der Waals surface area (Å²) < 4.78 is 27.3. The average molecular weight is 401 g/mol. The van der Waals surface area contributed by atoms with Crippen molar-refractivity contribution in [3.05, 3.63) is 48.0 Å². The van der Waals surface area contributed by atoms with Crippen molar-refractivity contribution in [2.24, 2.45) is 0 Å². The highest BCUT2D eigenvalue weighted by Crippen LogP contribution is 2.20. The Morgan fingerprint density at radius 2 is 1.93 bits per heavy atom. The number of carbonyl (C=O) groups excluding carboxylic acids is 1. The maximum Gasteiger partial charge on any atom is 0.242 e. The van der Waals surface area contributed by atoms with E-state index in [1.165, 1.54) is 20.2 Å². The minimum Gasteiger partial charge on any atom is -0.326 e. The molecule has 1 N–H and O–H groups in total. The molecule has 0 aliphatic rings. The number of para-hydroxylation sites is 1. The molecule has 148 valence electrons. The molecule has 2 aromatic carbocycles. The van der Waals surface area contributed by atoms with Gasteiger partial charge in [-0.3, -0.25) is 4.79 Å². The zero-order valence-corrected chi connectivity index (χ0v) is 16.9. The van der Waals surface area contributed by atoms with Crippen LogP contribution in [0.1, 0.15) is 18.4 Å². The van der Waals surface area contributed by atoms with Crippen LogP contribution in [-0.2, 0) is 21.4 Å². The summed E-state index contributed by atoms with van der Waals surface area (Å²) in [6.07, 6.45) is 0.941. The van der Waals surface area contributed by atoms with E-state index in [4.69, 9.17) is 0 Å². The van der Waals surface area contributed by atoms with Crippen molar-refractivity contribution < 1.29 is 13.2 Å². The molecule has 0 bridgehead atoms. The summed E-state index contributed by atoms with van der Waals surface area (Å²) in [7, 11) is -0.548. The van der Waals surface area contributed by atoms with Gasteiger partial charge in [-0.2, -0.15) is 0 Å². The molecule has 3 rings (SSSR count). The van der Waals surface area contributed by atoms with Gasteiger partial charge in [-0.15, -0.1) is 5.10 Å². The first-order valence-corrected chi connectivity index (χ1v) is 10.3. The summed E-state index contributed by atoms with van der Waals surface area (Å²) in [6, 6.07) is 12.4. The Labute approximate surface area is 164 Å². The Morgan fingerprint density at radius 1 is 1.18 bits per heavy atom. The lowest BCUT2D eigenvalue weighted by molar-refractivity contribution is -0.116. The highest BCUT2D eigenvalue weighted by molar-refractivity contribution is 7.89. The van der Waals surface area contributed by atoms with Gasteiger partial charge >= 0.3 is 0 Å². The largest absolute Gasteiger partial charge is 0.326 e. The highest BCUT2D eigenvalue weighted by Gasteiger charge is 2.18. The first kappa shape index (κ1) is 20.0. The number of anilines is 1. The smallest absolute Gasteiger partial charge is 0.242 e. The molecule has 0 atom stereocenters. The lowest BCUT2D eigenvalue weighted by Gasteiger charge is -2.11. The number of hydrogen-bond acceptors (Lipinski definition) is 5. The van der Waals surface area contributed by atoms with Crippen molar-refractivity contribution in [3.63, 3.8) is 0 Å². The Morgan fingerprint density at radius 3 is 2.64 bits per heavy atom. The fraction of sp³-hybridized carbons (Fsp3) is 0.316. The van der Waals surface area contributed by atoms with E-state index in [0.717, 1.165) is 21.1 Å². The number of nitrogens with zero attached hydrogens (tertiary/aromatic N) is 4. The van der Waals surface area contributed by atoms with Crippen LogP contribution in [0.5, 0.6) is 0 Å². The SMILES string of the molecule is Cc1ccccc1NC(=O)CCCn1nnc2cc(S(=O)(=O)N(C)C)ccc21. The number of sulfonamides is 1. The fourth-order valence-electron chi connectivity index (χ4n) is 2.80. The van der Waals surface area contributed by atoms with Crippen LogP contribution in [0, 0.1) is 6.92 Å². The lowest BCUT2D eigenvalue weighted by atomic mass is 10.2. The molecule has 1 amide bonds. The standard InChI is InChI=1S/C19H23N5O3S/c1-14-7-4-5-8-16(14)20-19(25)9-6-12-24-18-11-10-15(13-17(18)21-22-24)28(26,27)23(2)3/h4-5,7-8,10-11,13H,6,9,12H2,1-3H3,(H,20,25). The normalized spacial score (nSPS) is 11.9. The van der Waals surface area contributed by atoms with Gasteiger partial charge in [-0.25, -0.2) is 17.4 Å². The number of hydrogen-bond donors (Lipinski definition) is 1. The maximum absolute atomic E-state index is 12.2. The highest BCUT2D eigenvalue weighted by atomic mass is 32.2. The van der Waals surface area contributed by atoms with Gasteiger partial charge in [0, 0.05) is 32.7 Å². The summed E-state index contributed by atoms with van der Waals surface area (Å²) in [5.74, 6) is -0.0573. The van der Waals surface area contributed by atoms with Gasteiger partial charge in [-0.1, -0.05) is 23.4 Å². The number of aryl methyl sites for hydroxylation is 2. The molecule has 0 saturated carbocycles. The predicted molar refractivity (Wildman–Crippen MR) is 107 cm³/mol.